The van der Waals surface area contributed by atoms with E-state index in [1.165, 1.54) is 5.69 Å². The van der Waals surface area contributed by atoms with Crippen molar-refractivity contribution in [3.8, 4) is 0 Å². The van der Waals surface area contributed by atoms with E-state index < -0.39 is 9.75 Å². The number of hydrogen-bond donors (Lipinski definition) is 1. The van der Waals surface area contributed by atoms with Crippen molar-refractivity contribution in [1.82, 2.24) is 4.90 Å². The predicted molar refractivity (Wildman–Crippen MR) is 91.9 cm³/mol. The number of alkyl halides is 2. The third-order valence-electron chi connectivity index (χ3n) is 4.75. The van der Waals surface area contributed by atoms with Gasteiger partial charge in [0.2, 0.25) is 5.91 Å². The number of likely N-dealkylation sites (N-methyl/N-ethyl adjacent to an activating group) is 1. The van der Waals surface area contributed by atoms with Gasteiger partial charge in [0.15, 0.2) is 0 Å². The molecule has 6 heteroatoms. The number of rotatable bonds is 3. The lowest BCUT2D eigenvalue weighted by Crippen LogP contribution is -2.44. The fourth-order valence-corrected chi connectivity index (χ4v) is 3.44. The van der Waals surface area contributed by atoms with Crippen molar-refractivity contribution in [1.29, 1.82) is 0 Å². The maximum absolute atomic E-state index is 12.2. The zero-order chi connectivity index (χ0) is 16.0. The minimum atomic E-state index is -0.934. The Morgan fingerprint density at radius 2 is 1.68 bits per heavy atom. The van der Waals surface area contributed by atoms with E-state index in [4.69, 9.17) is 23.2 Å². The zero-order valence-electron chi connectivity index (χ0n) is 12.9. The van der Waals surface area contributed by atoms with Gasteiger partial charge in [0.25, 0.3) is 0 Å². The summed E-state index contributed by atoms with van der Waals surface area (Å²) < 4.78 is -0.934. The van der Waals surface area contributed by atoms with Crippen molar-refractivity contribution >= 4 is 40.5 Å². The van der Waals surface area contributed by atoms with Crippen LogP contribution in [-0.4, -0.2) is 48.4 Å². The van der Waals surface area contributed by atoms with Gasteiger partial charge in [0.1, 0.15) is 4.33 Å². The topological polar surface area (TPSA) is 35.6 Å². The van der Waals surface area contributed by atoms with Gasteiger partial charge < -0.3 is 15.1 Å². The second-order valence-electron chi connectivity index (χ2n) is 6.50. The van der Waals surface area contributed by atoms with Crippen LogP contribution in [0.25, 0.3) is 0 Å². The van der Waals surface area contributed by atoms with Gasteiger partial charge in [-0.2, -0.15) is 0 Å². The Balaban J connectivity index is 1.61. The fraction of sp³-hybridized carbons (Fsp3) is 0.562. The molecule has 1 unspecified atom stereocenters. The summed E-state index contributed by atoms with van der Waals surface area (Å²) in [5, 5.41) is 2.90. The largest absolute Gasteiger partial charge is 0.369 e. The average Bonchev–Trinajstić information content (AvgIpc) is 3.01. The summed E-state index contributed by atoms with van der Waals surface area (Å²) in [6, 6.07) is 7.96. The highest BCUT2D eigenvalue weighted by molar-refractivity contribution is 6.53. The molecule has 1 atom stereocenters. The molecule has 0 spiro atoms. The molecule has 1 aromatic rings. The van der Waals surface area contributed by atoms with Crippen LogP contribution in [0.3, 0.4) is 0 Å². The van der Waals surface area contributed by atoms with Crippen molar-refractivity contribution < 1.29 is 4.79 Å². The van der Waals surface area contributed by atoms with Crippen molar-refractivity contribution in [3.63, 3.8) is 0 Å². The number of piperazine rings is 1. The van der Waals surface area contributed by atoms with E-state index in [0.717, 1.165) is 31.9 Å². The van der Waals surface area contributed by atoms with E-state index in [2.05, 4.69) is 22.2 Å². The van der Waals surface area contributed by atoms with Crippen LogP contribution in [-0.2, 0) is 4.79 Å². The van der Waals surface area contributed by atoms with Gasteiger partial charge in [-0.3, -0.25) is 4.79 Å². The number of hydrogen-bond acceptors (Lipinski definition) is 3. The molecule has 1 aromatic carbocycles. The van der Waals surface area contributed by atoms with Gasteiger partial charge in [0, 0.05) is 37.6 Å². The van der Waals surface area contributed by atoms with Gasteiger partial charge >= 0.3 is 0 Å². The number of halogens is 2. The van der Waals surface area contributed by atoms with E-state index in [1.54, 1.807) is 6.92 Å². The van der Waals surface area contributed by atoms with Crippen LogP contribution in [0, 0.1) is 5.41 Å². The Morgan fingerprint density at radius 1 is 1.14 bits per heavy atom. The number of nitrogens with one attached hydrogen (secondary N) is 1. The lowest BCUT2D eigenvalue weighted by atomic mass is 10.1. The van der Waals surface area contributed by atoms with Crippen LogP contribution in [0.15, 0.2) is 24.3 Å². The van der Waals surface area contributed by atoms with Gasteiger partial charge in [-0.05, 0) is 44.7 Å². The first kappa shape index (κ1) is 15.9. The SMILES string of the molecule is CN1CCN(c2ccc(NC(=O)C3(C)CC3(Cl)Cl)cc2)CC1. The average molecular weight is 342 g/mol. The molecule has 2 aliphatic rings. The summed E-state index contributed by atoms with van der Waals surface area (Å²) in [4.78, 5) is 16.9. The maximum atomic E-state index is 12.2. The third kappa shape index (κ3) is 2.92. The minimum absolute atomic E-state index is 0.121. The summed E-state index contributed by atoms with van der Waals surface area (Å²) in [5.74, 6) is -0.121. The molecule has 1 aliphatic carbocycles. The summed E-state index contributed by atoms with van der Waals surface area (Å²) in [6.45, 7) is 6.00. The van der Waals surface area contributed by atoms with E-state index in [9.17, 15) is 4.79 Å². The number of carbonyl (C=O) groups is 1. The van der Waals surface area contributed by atoms with E-state index >= 15 is 0 Å². The summed E-state index contributed by atoms with van der Waals surface area (Å²) in [6.07, 6.45) is 0.494. The van der Waals surface area contributed by atoms with Crippen LogP contribution in [0.4, 0.5) is 11.4 Å². The Kier molecular flexibility index (Phi) is 4.04. The summed E-state index contributed by atoms with van der Waals surface area (Å²) >= 11 is 12.1. The fourth-order valence-electron chi connectivity index (χ4n) is 2.74. The molecule has 1 heterocycles. The second-order valence-corrected chi connectivity index (χ2v) is 7.99. The number of nitrogens with zero attached hydrogens (tertiary/aromatic N) is 2. The van der Waals surface area contributed by atoms with Crippen LogP contribution in [0.1, 0.15) is 13.3 Å². The van der Waals surface area contributed by atoms with E-state index in [1.807, 2.05) is 24.3 Å². The standard InChI is InChI=1S/C16H21Cl2N3O/c1-15(11-16(15,17)18)14(22)19-12-3-5-13(6-4-12)21-9-7-20(2)8-10-21/h3-6H,7-11H2,1-2H3,(H,19,22). The van der Waals surface area contributed by atoms with E-state index in [-0.39, 0.29) is 5.91 Å². The lowest BCUT2D eigenvalue weighted by molar-refractivity contribution is -0.120. The molecular formula is C16H21Cl2N3O. The Labute approximate surface area is 141 Å². The van der Waals surface area contributed by atoms with Crippen molar-refractivity contribution in [2.75, 3.05) is 43.4 Å². The molecule has 1 amide bonds. The lowest BCUT2D eigenvalue weighted by Gasteiger charge is -2.34. The molecule has 2 fully saturated rings. The molecule has 120 valence electrons. The number of anilines is 2. The highest BCUT2D eigenvalue weighted by atomic mass is 35.5. The molecule has 1 aliphatic heterocycles. The third-order valence-corrected chi connectivity index (χ3v) is 5.85. The maximum Gasteiger partial charge on any atom is 0.233 e. The normalized spacial score (nSPS) is 27.5. The molecule has 1 saturated carbocycles. The quantitative estimate of drug-likeness (QED) is 0.858. The smallest absolute Gasteiger partial charge is 0.233 e. The van der Waals surface area contributed by atoms with Crippen molar-refractivity contribution in [3.05, 3.63) is 24.3 Å². The molecular weight excluding hydrogens is 321 g/mol. The Morgan fingerprint density at radius 3 is 2.18 bits per heavy atom. The molecule has 0 radical (unpaired) electrons. The predicted octanol–water partition coefficient (Wildman–Crippen LogP) is 2.96. The molecule has 0 bridgehead atoms. The molecule has 1 N–H and O–H groups in total. The second kappa shape index (κ2) is 5.59. The molecule has 1 saturated heterocycles. The van der Waals surface area contributed by atoms with Crippen LogP contribution >= 0.6 is 23.2 Å². The number of benzene rings is 1. The van der Waals surface area contributed by atoms with Crippen LogP contribution in [0.5, 0.6) is 0 Å². The minimum Gasteiger partial charge on any atom is -0.369 e. The monoisotopic (exact) mass is 341 g/mol. The van der Waals surface area contributed by atoms with Crippen molar-refractivity contribution in [2.24, 2.45) is 5.41 Å². The first-order chi connectivity index (χ1) is 10.3. The summed E-state index contributed by atoms with van der Waals surface area (Å²) in [5.41, 5.74) is 1.28. The van der Waals surface area contributed by atoms with Gasteiger partial charge in [-0.15, -0.1) is 23.2 Å². The number of amides is 1. The molecule has 0 aromatic heterocycles. The Hall–Kier alpha value is -0.970. The highest BCUT2D eigenvalue weighted by Crippen LogP contribution is 2.64. The summed E-state index contributed by atoms with van der Waals surface area (Å²) in [7, 11) is 2.14. The van der Waals surface area contributed by atoms with Crippen molar-refractivity contribution in [2.45, 2.75) is 17.7 Å². The molecule has 22 heavy (non-hydrogen) atoms. The number of carbonyl (C=O) groups excluding carboxylic acids is 1. The van der Waals surface area contributed by atoms with Gasteiger partial charge in [-0.25, -0.2) is 0 Å². The van der Waals surface area contributed by atoms with Crippen LogP contribution < -0.4 is 10.2 Å². The van der Waals surface area contributed by atoms with E-state index in [0.29, 0.717) is 6.42 Å². The zero-order valence-corrected chi connectivity index (χ0v) is 14.4. The van der Waals surface area contributed by atoms with Crippen LogP contribution in [0.2, 0.25) is 0 Å². The van der Waals surface area contributed by atoms with Gasteiger partial charge in [-0.1, -0.05) is 0 Å². The Bertz CT molecular complexity index is 567. The molecule has 4 nitrogen and oxygen atoms in total. The van der Waals surface area contributed by atoms with Gasteiger partial charge in [0.05, 0.1) is 5.41 Å². The first-order valence-electron chi connectivity index (χ1n) is 7.55. The molecule has 3 rings (SSSR count). The highest BCUT2D eigenvalue weighted by Gasteiger charge is 2.67. The first-order valence-corrected chi connectivity index (χ1v) is 8.30.